The smallest absolute Gasteiger partial charge is 0.119 e. The Morgan fingerprint density at radius 1 is 0.864 bits per heavy atom. The van der Waals surface area contributed by atoms with Crippen LogP contribution in [0.1, 0.15) is 22.3 Å². The molecule has 0 aliphatic carbocycles. The second-order valence-electron chi connectivity index (χ2n) is 5.88. The average Bonchev–Trinajstić information content (AvgIpc) is 2.52. The Morgan fingerprint density at radius 2 is 1.50 bits per heavy atom. The maximum atomic E-state index is 5.41. The van der Waals surface area contributed by atoms with E-state index in [4.69, 9.17) is 4.74 Å². The summed E-state index contributed by atoms with van der Waals surface area (Å²) >= 11 is 0. The van der Waals surface area contributed by atoms with Crippen molar-refractivity contribution in [2.45, 2.75) is 19.3 Å². The van der Waals surface area contributed by atoms with E-state index in [2.05, 4.69) is 54.4 Å². The molecule has 22 heavy (non-hydrogen) atoms. The third-order valence-corrected chi connectivity index (χ3v) is 4.44. The molecule has 0 saturated heterocycles. The van der Waals surface area contributed by atoms with E-state index in [1.165, 1.54) is 22.3 Å². The molecule has 3 rings (SSSR count). The molecule has 1 heterocycles. The van der Waals surface area contributed by atoms with Gasteiger partial charge in [0.25, 0.3) is 0 Å². The molecule has 2 nitrogen and oxygen atoms in total. The van der Waals surface area contributed by atoms with E-state index >= 15 is 0 Å². The van der Waals surface area contributed by atoms with Gasteiger partial charge in [0.1, 0.15) is 5.75 Å². The predicted octanol–water partition coefficient (Wildman–Crippen LogP) is 3.74. The molecular weight excluding hydrogens is 294 g/mol. The van der Waals surface area contributed by atoms with Gasteiger partial charge in [-0.2, -0.15) is 0 Å². The van der Waals surface area contributed by atoms with Crippen molar-refractivity contribution >= 4 is 12.4 Å². The van der Waals surface area contributed by atoms with Crippen LogP contribution < -0.4 is 4.74 Å². The molecule has 0 spiro atoms. The van der Waals surface area contributed by atoms with E-state index in [9.17, 15) is 0 Å². The van der Waals surface area contributed by atoms with Crippen LogP contribution in [0.4, 0.5) is 0 Å². The lowest BCUT2D eigenvalue weighted by Crippen LogP contribution is -2.25. The third-order valence-electron chi connectivity index (χ3n) is 4.44. The molecule has 2 aromatic rings. The summed E-state index contributed by atoms with van der Waals surface area (Å²) < 4.78 is 5.41. The van der Waals surface area contributed by atoms with Gasteiger partial charge in [0, 0.05) is 13.1 Å². The maximum Gasteiger partial charge on any atom is 0.119 e. The summed E-state index contributed by atoms with van der Waals surface area (Å²) in [5.41, 5.74) is 5.76. The number of hydrogen-bond donors (Lipinski definition) is 0. The highest BCUT2D eigenvalue weighted by molar-refractivity contribution is 5.85. The van der Waals surface area contributed by atoms with Crippen LogP contribution in [0.5, 0.6) is 5.75 Å². The van der Waals surface area contributed by atoms with Crippen molar-refractivity contribution in [2.75, 3.05) is 27.2 Å². The standard InChI is InChI=1S/C19H23NO.ClH/c1-20-11-9-15-5-3-4-6-17(15)13-18-14-19(21-2)8-7-16(18)10-12-20;/h3-8,14H,9-13H2,1-2H3;1H. The molecule has 0 unspecified atom stereocenters. The van der Waals surface area contributed by atoms with Crippen molar-refractivity contribution in [2.24, 2.45) is 0 Å². The van der Waals surface area contributed by atoms with Crippen LogP contribution in [0.2, 0.25) is 0 Å². The summed E-state index contributed by atoms with van der Waals surface area (Å²) in [6.45, 7) is 2.24. The molecular formula is C19H24ClNO. The van der Waals surface area contributed by atoms with Gasteiger partial charge in [0.2, 0.25) is 0 Å². The molecule has 0 radical (unpaired) electrons. The highest BCUT2D eigenvalue weighted by Gasteiger charge is 2.12. The van der Waals surface area contributed by atoms with Crippen molar-refractivity contribution < 1.29 is 4.74 Å². The minimum absolute atomic E-state index is 0. The van der Waals surface area contributed by atoms with E-state index in [1.54, 1.807) is 7.11 Å². The highest BCUT2D eigenvalue weighted by Crippen LogP contribution is 2.24. The van der Waals surface area contributed by atoms with Crippen molar-refractivity contribution in [3.8, 4) is 5.75 Å². The van der Waals surface area contributed by atoms with Gasteiger partial charge in [-0.25, -0.2) is 0 Å². The zero-order valence-corrected chi connectivity index (χ0v) is 14.2. The van der Waals surface area contributed by atoms with E-state index in [0.29, 0.717) is 0 Å². The lowest BCUT2D eigenvalue weighted by molar-refractivity contribution is 0.341. The van der Waals surface area contributed by atoms with Crippen molar-refractivity contribution in [3.05, 3.63) is 64.7 Å². The molecule has 0 saturated carbocycles. The molecule has 1 aliphatic rings. The number of ether oxygens (including phenoxy) is 1. The molecule has 0 fully saturated rings. The number of methoxy groups -OCH3 is 1. The zero-order valence-electron chi connectivity index (χ0n) is 13.3. The summed E-state index contributed by atoms with van der Waals surface area (Å²) in [5.74, 6) is 0.955. The number of nitrogens with zero attached hydrogens (tertiary/aromatic N) is 1. The van der Waals surface area contributed by atoms with Crippen LogP contribution >= 0.6 is 12.4 Å². The fourth-order valence-electron chi connectivity index (χ4n) is 3.05. The van der Waals surface area contributed by atoms with E-state index < -0.39 is 0 Å². The number of benzene rings is 2. The van der Waals surface area contributed by atoms with Crippen LogP contribution in [0, 0.1) is 0 Å². The van der Waals surface area contributed by atoms with Gasteiger partial charge in [-0.15, -0.1) is 12.4 Å². The molecule has 1 aliphatic heterocycles. The summed E-state index contributed by atoms with van der Waals surface area (Å²) in [6, 6.07) is 15.3. The Hall–Kier alpha value is -1.51. The van der Waals surface area contributed by atoms with Gasteiger partial charge >= 0.3 is 0 Å². The van der Waals surface area contributed by atoms with Crippen LogP contribution in [-0.2, 0) is 19.3 Å². The monoisotopic (exact) mass is 317 g/mol. The van der Waals surface area contributed by atoms with Crippen molar-refractivity contribution in [1.29, 1.82) is 0 Å². The quantitative estimate of drug-likeness (QED) is 0.794. The first-order valence-electron chi connectivity index (χ1n) is 7.67. The van der Waals surface area contributed by atoms with Crippen LogP contribution in [-0.4, -0.2) is 32.1 Å². The van der Waals surface area contributed by atoms with Gasteiger partial charge in [0.05, 0.1) is 7.11 Å². The fourth-order valence-corrected chi connectivity index (χ4v) is 3.05. The first kappa shape index (κ1) is 16.9. The summed E-state index contributed by atoms with van der Waals surface area (Å²) in [4.78, 5) is 2.43. The number of rotatable bonds is 1. The third kappa shape index (κ3) is 3.82. The minimum Gasteiger partial charge on any atom is -0.497 e. The maximum absolute atomic E-state index is 5.41. The Labute approximate surface area is 139 Å². The number of halogens is 1. The Balaban J connectivity index is 0.00000176. The minimum atomic E-state index is 0. The lowest BCUT2D eigenvalue weighted by Gasteiger charge is -2.22. The van der Waals surface area contributed by atoms with Gasteiger partial charge < -0.3 is 9.64 Å². The van der Waals surface area contributed by atoms with E-state index in [1.807, 2.05) is 0 Å². The Bertz CT molecular complexity index is 627. The van der Waals surface area contributed by atoms with Gasteiger partial charge in [-0.1, -0.05) is 30.3 Å². The normalized spacial score (nSPS) is 15.2. The molecule has 0 amide bonds. The van der Waals surface area contributed by atoms with Crippen molar-refractivity contribution in [3.63, 3.8) is 0 Å². The SMILES string of the molecule is COc1ccc2c(c1)Cc1ccccc1CCN(C)CC2.Cl. The topological polar surface area (TPSA) is 12.5 Å². The first-order valence-corrected chi connectivity index (χ1v) is 7.67. The average molecular weight is 318 g/mol. The van der Waals surface area contributed by atoms with Gasteiger partial charge in [0.15, 0.2) is 0 Å². The number of likely N-dealkylation sites (N-methyl/N-ethyl adjacent to an activating group) is 1. The molecule has 3 heteroatoms. The van der Waals surface area contributed by atoms with E-state index in [0.717, 1.165) is 38.1 Å². The van der Waals surface area contributed by atoms with Crippen LogP contribution in [0.15, 0.2) is 42.5 Å². The van der Waals surface area contributed by atoms with Crippen LogP contribution in [0.3, 0.4) is 0 Å². The van der Waals surface area contributed by atoms with Gasteiger partial charge in [-0.3, -0.25) is 0 Å². The first-order chi connectivity index (χ1) is 10.3. The summed E-state index contributed by atoms with van der Waals surface area (Å²) in [5, 5.41) is 0. The summed E-state index contributed by atoms with van der Waals surface area (Å²) in [6.07, 6.45) is 3.25. The molecule has 0 atom stereocenters. The Morgan fingerprint density at radius 3 is 2.18 bits per heavy atom. The number of hydrogen-bond acceptors (Lipinski definition) is 2. The highest BCUT2D eigenvalue weighted by atomic mass is 35.5. The number of fused-ring (bicyclic) bond motifs is 2. The second kappa shape index (κ2) is 7.66. The largest absolute Gasteiger partial charge is 0.497 e. The molecule has 0 aromatic heterocycles. The van der Waals surface area contributed by atoms with E-state index in [-0.39, 0.29) is 12.4 Å². The zero-order chi connectivity index (χ0) is 14.7. The molecule has 2 aromatic carbocycles. The lowest BCUT2D eigenvalue weighted by atomic mass is 9.93. The second-order valence-corrected chi connectivity index (χ2v) is 5.88. The molecule has 0 bridgehead atoms. The van der Waals surface area contributed by atoms with Gasteiger partial charge in [-0.05, 0) is 60.7 Å². The summed E-state index contributed by atoms with van der Waals surface area (Å²) in [7, 11) is 3.96. The van der Waals surface area contributed by atoms with Crippen molar-refractivity contribution in [1.82, 2.24) is 4.90 Å². The molecule has 0 N–H and O–H groups in total. The molecule has 118 valence electrons. The van der Waals surface area contributed by atoms with Crippen LogP contribution in [0.25, 0.3) is 0 Å². The predicted molar refractivity (Wildman–Crippen MR) is 94.4 cm³/mol. The fraction of sp³-hybridized carbons (Fsp3) is 0.368. The Kier molecular flexibility index (Phi) is 5.87.